The number of nitrogens with one attached hydrogen (secondary N) is 1. The van der Waals surface area contributed by atoms with Gasteiger partial charge in [-0.1, -0.05) is 32.0 Å². The van der Waals surface area contributed by atoms with Crippen LogP contribution in [-0.2, 0) is 14.9 Å². The minimum atomic E-state index is -1.11. The summed E-state index contributed by atoms with van der Waals surface area (Å²) in [6.07, 6.45) is 1.42. The van der Waals surface area contributed by atoms with Gasteiger partial charge in [0.05, 0.1) is 18.4 Å². The first-order valence-electron chi connectivity index (χ1n) is 9.40. The molecule has 1 aromatic heterocycles. The molecule has 5 nitrogen and oxygen atoms in total. The standard InChI is InChI=1S/C23H20F2N2O3/c1-23(2)12-27(21(28)13-8-9-16(24)17(25)10-13)11-15(22(29)30-3)20-19(23)14-6-4-5-7-18(14)26-20/h4-11,26H,12H2,1-3H3. The Hall–Kier alpha value is -3.48. The average Bonchev–Trinajstić information content (AvgIpc) is 3.07. The highest BCUT2D eigenvalue weighted by atomic mass is 19.2. The van der Waals surface area contributed by atoms with Gasteiger partial charge >= 0.3 is 5.97 Å². The van der Waals surface area contributed by atoms with Gasteiger partial charge in [0, 0.05) is 34.6 Å². The van der Waals surface area contributed by atoms with Crippen LogP contribution in [0.4, 0.5) is 8.78 Å². The van der Waals surface area contributed by atoms with Crippen molar-refractivity contribution in [2.24, 2.45) is 0 Å². The van der Waals surface area contributed by atoms with Crippen LogP contribution in [0.25, 0.3) is 16.5 Å². The number of rotatable bonds is 2. The third-order valence-electron chi connectivity index (χ3n) is 5.34. The normalized spacial score (nSPS) is 15.4. The first kappa shape index (κ1) is 19.8. The second-order valence-corrected chi connectivity index (χ2v) is 7.90. The molecule has 0 radical (unpaired) electrons. The Morgan fingerprint density at radius 3 is 2.53 bits per heavy atom. The summed E-state index contributed by atoms with van der Waals surface area (Å²) < 4.78 is 32.0. The molecule has 0 atom stereocenters. The van der Waals surface area contributed by atoms with E-state index in [4.69, 9.17) is 4.74 Å². The summed E-state index contributed by atoms with van der Waals surface area (Å²) >= 11 is 0. The summed E-state index contributed by atoms with van der Waals surface area (Å²) in [5.74, 6) is -3.29. The van der Waals surface area contributed by atoms with E-state index < -0.39 is 28.9 Å². The highest BCUT2D eigenvalue weighted by molar-refractivity contribution is 6.18. The number of esters is 1. The van der Waals surface area contributed by atoms with Gasteiger partial charge < -0.3 is 14.6 Å². The second-order valence-electron chi connectivity index (χ2n) is 7.90. The smallest absolute Gasteiger partial charge is 0.341 e. The zero-order valence-corrected chi connectivity index (χ0v) is 16.8. The van der Waals surface area contributed by atoms with Crippen LogP contribution >= 0.6 is 0 Å². The third-order valence-corrected chi connectivity index (χ3v) is 5.34. The summed E-state index contributed by atoms with van der Waals surface area (Å²) in [6, 6.07) is 10.7. The molecule has 4 rings (SSSR count). The number of aromatic amines is 1. The highest BCUT2D eigenvalue weighted by Gasteiger charge is 2.37. The number of nitrogens with zero attached hydrogens (tertiary/aromatic N) is 1. The fourth-order valence-corrected chi connectivity index (χ4v) is 4.01. The van der Waals surface area contributed by atoms with Crippen molar-refractivity contribution < 1.29 is 23.1 Å². The maximum atomic E-state index is 13.7. The molecule has 3 aromatic rings. The lowest BCUT2D eigenvalue weighted by Gasteiger charge is -2.29. The first-order chi connectivity index (χ1) is 14.2. The molecule has 2 heterocycles. The highest BCUT2D eigenvalue weighted by Crippen LogP contribution is 2.40. The predicted molar refractivity (Wildman–Crippen MR) is 109 cm³/mol. The zero-order valence-electron chi connectivity index (χ0n) is 16.8. The number of halogens is 2. The number of fused-ring (bicyclic) bond motifs is 3. The number of H-pyrrole nitrogens is 1. The van der Waals surface area contributed by atoms with Crippen LogP contribution in [0.15, 0.2) is 48.7 Å². The number of amides is 1. The molecular weight excluding hydrogens is 390 g/mol. The Morgan fingerprint density at radius 1 is 1.10 bits per heavy atom. The van der Waals surface area contributed by atoms with Crippen LogP contribution in [0.2, 0.25) is 0 Å². The number of ether oxygens (including phenoxy) is 1. The van der Waals surface area contributed by atoms with Gasteiger partial charge in [-0.25, -0.2) is 13.6 Å². The summed E-state index contributed by atoms with van der Waals surface area (Å²) in [4.78, 5) is 30.4. The third kappa shape index (κ3) is 3.16. The van der Waals surface area contributed by atoms with Gasteiger partial charge in [-0.05, 0) is 29.8 Å². The van der Waals surface area contributed by atoms with E-state index in [9.17, 15) is 18.4 Å². The number of aromatic nitrogens is 1. The maximum absolute atomic E-state index is 13.7. The minimum absolute atomic E-state index is 0.0133. The van der Waals surface area contributed by atoms with E-state index in [0.717, 1.165) is 28.6 Å². The van der Waals surface area contributed by atoms with E-state index in [1.165, 1.54) is 24.3 Å². The van der Waals surface area contributed by atoms with E-state index in [1.807, 2.05) is 38.1 Å². The van der Waals surface area contributed by atoms with Crippen molar-refractivity contribution in [3.8, 4) is 0 Å². The summed E-state index contributed by atoms with van der Waals surface area (Å²) in [5.41, 5.74) is 1.94. The molecule has 1 aliphatic heterocycles. The lowest BCUT2D eigenvalue weighted by atomic mass is 9.81. The largest absolute Gasteiger partial charge is 0.465 e. The van der Waals surface area contributed by atoms with E-state index in [2.05, 4.69) is 4.98 Å². The lowest BCUT2D eigenvalue weighted by molar-refractivity contribution is -0.133. The maximum Gasteiger partial charge on any atom is 0.341 e. The van der Waals surface area contributed by atoms with Gasteiger partial charge in [-0.3, -0.25) is 4.79 Å². The Morgan fingerprint density at radius 2 is 1.83 bits per heavy atom. The van der Waals surface area contributed by atoms with E-state index in [1.54, 1.807) is 0 Å². The second kappa shape index (κ2) is 7.09. The first-order valence-corrected chi connectivity index (χ1v) is 9.40. The molecule has 154 valence electrons. The van der Waals surface area contributed by atoms with Crippen molar-refractivity contribution in [2.45, 2.75) is 19.3 Å². The molecule has 1 N–H and O–H groups in total. The monoisotopic (exact) mass is 410 g/mol. The van der Waals surface area contributed by atoms with Crippen LogP contribution < -0.4 is 0 Å². The van der Waals surface area contributed by atoms with Crippen molar-refractivity contribution in [3.05, 3.63) is 77.1 Å². The number of benzene rings is 2. The lowest BCUT2D eigenvalue weighted by Crippen LogP contribution is -2.37. The number of hydrogen-bond acceptors (Lipinski definition) is 3. The zero-order chi connectivity index (χ0) is 21.6. The summed E-state index contributed by atoms with van der Waals surface area (Å²) in [7, 11) is 1.27. The van der Waals surface area contributed by atoms with E-state index in [0.29, 0.717) is 5.69 Å². The molecule has 0 fully saturated rings. The van der Waals surface area contributed by atoms with Crippen molar-refractivity contribution in [1.82, 2.24) is 9.88 Å². The molecule has 2 aromatic carbocycles. The molecule has 0 saturated heterocycles. The summed E-state index contributed by atoms with van der Waals surface area (Å²) in [5, 5.41) is 0.939. The Balaban J connectivity index is 1.89. The van der Waals surface area contributed by atoms with Gasteiger partial charge in [-0.15, -0.1) is 0 Å². The topological polar surface area (TPSA) is 62.4 Å². The van der Waals surface area contributed by atoms with Gasteiger partial charge in [0.2, 0.25) is 0 Å². The molecule has 0 spiro atoms. The minimum Gasteiger partial charge on any atom is -0.465 e. The molecule has 30 heavy (non-hydrogen) atoms. The molecule has 1 amide bonds. The molecule has 1 aliphatic rings. The average molecular weight is 410 g/mol. The number of hydrogen-bond donors (Lipinski definition) is 1. The van der Waals surface area contributed by atoms with Gasteiger partial charge in [0.25, 0.3) is 5.91 Å². The summed E-state index contributed by atoms with van der Waals surface area (Å²) in [6.45, 7) is 4.15. The SMILES string of the molecule is COC(=O)C1=CN(C(=O)c2ccc(F)c(F)c2)CC(C)(C)c2c1[nH]c1ccccc21. The fourth-order valence-electron chi connectivity index (χ4n) is 4.01. The van der Waals surface area contributed by atoms with Gasteiger partial charge in [-0.2, -0.15) is 0 Å². The molecule has 7 heteroatoms. The number of carbonyl (C=O) groups is 2. The van der Waals surface area contributed by atoms with Crippen LogP contribution in [-0.4, -0.2) is 35.4 Å². The van der Waals surface area contributed by atoms with Gasteiger partial charge in [0.15, 0.2) is 11.6 Å². The van der Waals surface area contributed by atoms with Crippen LogP contribution in [0.5, 0.6) is 0 Å². The number of methoxy groups -OCH3 is 1. The van der Waals surface area contributed by atoms with Crippen LogP contribution in [0.1, 0.15) is 35.5 Å². The van der Waals surface area contributed by atoms with Crippen molar-refractivity contribution >= 4 is 28.4 Å². The van der Waals surface area contributed by atoms with Gasteiger partial charge in [0.1, 0.15) is 0 Å². The predicted octanol–water partition coefficient (Wildman–Crippen LogP) is 4.39. The van der Waals surface area contributed by atoms with Crippen LogP contribution in [0.3, 0.4) is 0 Å². The van der Waals surface area contributed by atoms with E-state index >= 15 is 0 Å². The van der Waals surface area contributed by atoms with Crippen molar-refractivity contribution in [3.63, 3.8) is 0 Å². The Kier molecular flexibility index (Phi) is 4.68. The quantitative estimate of drug-likeness (QED) is 0.638. The van der Waals surface area contributed by atoms with Crippen molar-refractivity contribution in [2.75, 3.05) is 13.7 Å². The fraction of sp³-hybridized carbons (Fsp3) is 0.217. The molecule has 0 saturated carbocycles. The van der Waals surface area contributed by atoms with E-state index in [-0.39, 0.29) is 17.7 Å². The van der Waals surface area contributed by atoms with Crippen molar-refractivity contribution in [1.29, 1.82) is 0 Å². The Bertz CT molecular complexity index is 1210. The molecular formula is C23H20F2N2O3. The Labute approximate surface area is 171 Å². The van der Waals surface area contributed by atoms with Crippen LogP contribution in [0, 0.1) is 11.6 Å². The number of carbonyl (C=O) groups excluding carboxylic acids is 2. The molecule has 0 unspecified atom stereocenters. The molecule has 0 bridgehead atoms. The molecule has 0 aliphatic carbocycles. The number of para-hydroxylation sites is 1.